The summed E-state index contributed by atoms with van der Waals surface area (Å²) < 4.78 is 10.6. The van der Waals surface area contributed by atoms with Crippen LogP contribution in [0.1, 0.15) is 17.2 Å². The maximum Gasteiger partial charge on any atom is 0.191 e. The van der Waals surface area contributed by atoms with Crippen LogP contribution >= 0.6 is 0 Å². The molecule has 0 spiro atoms. The molecular formula is C16H16N2O2. The summed E-state index contributed by atoms with van der Waals surface area (Å²) >= 11 is 0. The lowest BCUT2D eigenvalue weighted by Gasteiger charge is -2.05. The predicted octanol–water partition coefficient (Wildman–Crippen LogP) is 4.16. The Labute approximate surface area is 117 Å². The van der Waals surface area contributed by atoms with Crippen molar-refractivity contribution in [3.8, 4) is 11.3 Å². The Morgan fingerprint density at radius 1 is 1.05 bits per heavy atom. The Balaban J connectivity index is 1.69. The third-order valence-corrected chi connectivity index (χ3v) is 3.22. The minimum absolute atomic E-state index is 0.676. The fraction of sp³-hybridized carbons (Fsp3) is 0.188. The Morgan fingerprint density at radius 3 is 2.45 bits per heavy atom. The maximum absolute atomic E-state index is 5.40. The lowest BCUT2D eigenvalue weighted by atomic mass is 10.1. The molecule has 0 unspecified atom stereocenters. The van der Waals surface area contributed by atoms with Crippen LogP contribution in [0.4, 0.5) is 5.69 Å². The van der Waals surface area contributed by atoms with Crippen molar-refractivity contribution < 1.29 is 8.83 Å². The number of aromatic nitrogens is 1. The van der Waals surface area contributed by atoms with E-state index in [1.165, 1.54) is 0 Å². The van der Waals surface area contributed by atoms with E-state index in [-0.39, 0.29) is 0 Å². The Kier molecular flexibility index (Phi) is 3.29. The molecule has 3 rings (SSSR count). The first-order chi connectivity index (χ1) is 9.72. The van der Waals surface area contributed by atoms with Crippen molar-refractivity contribution in [2.75, 3.05) is 5.32 Å². The predicted molar refractivity (Wildman–Crippen MR) is 77.4 cm³/mol. The molecule has 0 fully saturated rings. The summed E-state index contributed by atoms with van der Waals surface area (Å²) in [5.41, 5.74) is 4.11. The zero-order valence-corrected chi connectivity index (χ0v) is 11.5. The largest absolute Gasteiger partial charge is 0.467 e. The smallest absolute Gasteiger partial charge is 0.191 e. The van der Waals surface area contributed by atoms with Crippen molar-refractivity contribution in [1.82, 2.24) is 4.98 Å². The van der Waals surface area contributed by atoms with Crippen LogP contribution in [-0.4, -0.2) is 4.98 Å². The van der Waals surface area contributed by atoms with Crippen molar-refractivity contribution in [2.45, 2.75) is 20.4 Å². The molecule has 3 aromatic rings. The molecule has 0 aliphatic heterocycles. The average molecular weight is 268 g/mol. The quantitative estimate of drug-likeness (QED) is 0.771. The number of aryl methyl sites for hydroxylation is 2. The van der Waals surface area contributed by atoms with E-state index in [9.17, 15) is 0 Å². The molecule has 2 heterocycles. The Bertz CT molecular complexity index is 695. The summed E-state index contributed by atoms with van der Waals surface area (Å²) in [6.45, 7) is 4.56. The first-order valence-electron chi connectivity index (χ1n) is 6.52. The third-order valence-electron chi connectivity index (χ3n) is 3.22. The zero-order chi connectivity index (χ0) is 13.9. The van der Waals surface area contributed by atoms with E-state index in [4.69, 9.17) is 8.83 Å². The van der Waals surface area contributed by atoms with Crippen molar-refractivity contribution in [2.24, 2.45) is 0 Å². The molecule has 0 aliphatic rings. The fourth-order valence-electron chi connectivity index (χ4n) is 2.02. The molecule has 0 amide bonds. The van der Waals surface area contributed by atoms with Crippen molar-refractivity contribution in [1.29, 1.82) is 0 Å². The molecule has 0 saturated heterocycles. The average Bonchev–Trinajstić information content (AvgIpc) is 3.06. The topological polar surface area (TPSA) is 51.2 Å². The molecule has 1 aromatic carbocycles. The number of hydrogen-bond acceptors (Lipinski definition) is 4. The molecule has 0 aliphatic carbocycles. The standard InChI is InChI=1S/C16H16N2O2/c1-11-7-8-19-16(11)9-17-14-5-3-13(4-6-14)15-10-20-12(2)18-15/h3-8,10,17H,9H2,1-2H3. The summed E-state index contributed by atoms with van der Waals surface area (Å²) in [4.78, 5) is 4.31. The van der Waals surface area contributed by atoms with Gasteiger partial charge in [0.15, 0.2) is 5.89 Å². The van der Waals surface area contributed by atoms with Gasteiger partial charge in [-0.15, -0.1) is 0 Å². The van der Waals surface area contributed by atoms with Crippen LogP contribution in [0.15, 0.2) is 51.7 Å². The van der Waals surface area contributed by atoms with E-state index in [1.54, 1.807) is 12.5 Å². The van der Waals surface area contributed by atoms with Gasteiger partial charge in [-0.2, -0.15) is 0 Å². The van der Waals surface area contributed by atoms with Gasteiger partial charge in [0.05, 0.1) is 12.8 Å². The van der Waals surface area contributed by atoms with E-state index in [1.807, 2.05) is 44.2 Å². The normalized spacial score (nSPS) is 10.7. The second kappa shape index (κ2) is 5.25. The van der Waals surface area contributed by atoms with E-state index in [0.29, 0.717) is 12.4 Å². The SMILES string of the molecule is Cc1nc(-c2ccc(NCc3occc3C)cc2)co1. The van der Waals surface area contributed by atoms with E-state index in [0.717, 1.165) is 28.3 Å². The van der Waals surface area contributed by atoms with Gasteiger partial charge in [-0.3, -0.25) is 0 Å². The van der Waals surface area contributed by atoms with Gasteiger partial charge in [0.25, 0.3) is 0 Å². The lowest BCUT2D eigenvalue weighted by Crippen LogP contribution is -1.99. The summed E-state index contributed by atoms with van der Waals surface area (Å²) in [5, 5.41) is 3.33. The van der Waals surface area contributed by atoms with Crippen LogP contribution < -0.4 is 5.32 Å². The minimum atomic E-state index is 0.676. The number of rotatable bonds is 4. The van der Waals surface area contributed by atoms with Crippen molar-refractivity contribution in [3.63, 3.8) is 0 Å². The number of nitrogens with one attached hydrogen (secondary N) is 1. The molecule has 0 radical (unpaired) electrons. The first-order valence-corrected chi connectivity index (χ1v) is 6.52. The fourth-order valence-corrected chi connectivity index (χ4v) is 2.02. The van der Waals surface area contributed by atoms with E-state index in [2.05, 4.69) is 10.3 Å². The van der Waals surface area contributed by atoms with Gasteiger partial charge in [0.2, 0.25) is 0 Å². The maximum atomic E-state index is 5.40. The van der Waals surface area contributed by atoms with Gasteiger partial charge in [-0.25, -0.2) is 4.98 Å². The van der Waals surface area contributed by atoms with Crippen molar-refractivity contribution >= 4 is 5.69 Å². The molecule has 20 heavy (non-hydrogen) atoms. The molecular weight excluding hydrogens is 252 g/mol. The number of furan rings is 1. The number of benzene rings is 1. The zero-order valence-electron chi connectivity index (χ0n) is 11.5. The lowest BCUT2D eigenvalue weighted by molar-refractivity contribution is 0.515. The second-order valence-corrected chi connectivity index (χ2v) is 4.71. The molecule has 1 N–H and O–H groups in total. The first kappa shape index (κ1) is 12.5. The summed E-state index contributed by atoms with van der Waals surface area (Å²) in [5.74, 6) is 1.64. The summed E-state index contributed by atoms with van der Waals surface area (Å²) in [7, 11) is 0. The molecule has 0 saturated carbocycles. The van der Waals surface area contributed by atoms with Crippen LogP contribution in [0.3, 0.4) is 0 Å². The van der Waals surface area contributed by atoms with Gasteiger partial charge in [-0.1, -0.05) is 12.1 Å². The Morgan fingerprint density at radius 2 is 1.85 bits per heavy atom. The van der Waals surface area contributed by atoms with Gasteiger partial charge in [-0.05, 0) is 30.7 Å². The summed E-state index contributed by atoms with van der Waals surface area (Å²) in [6.07, 6.45) is 3.38. The third kappa shape index (κ3) is 2.59. The van der Waals surface area contributed by atoms with Crippen LogP contribution in [0.25, 0.3) is 11.3 Å². The molecule has 102 valence electrons. The van der Waals surface area contributed by atoms with Gasteiger partial charge in [0, 0.05) is 18.2 Å². The summed E-state index contributed by atoms with van der Waals surface area (Å²) in [6, 6.07) is 10.1. The molecule has 4 nitrogen and oxygen atoms in total. The highest BCUT2D eigenvalue weighted by atomic mass is 16.3. The number of nitrogens with zero attached hydrogens (tertiary/aromatic N) is 1. The minimum Gasteiger partial charge on any atom is -0.467 e. The van der Waals surface area contributed by atoms with Crippen LogP contribution in [0.5, 0.6) is 0 Å². The molecule has 4 heteroatoms. The van der Waals surface area contributed by atoms with Gasteiger partial charge in [0.1, 0.15) is 17.7 Å². The van der Waals surface area contributed by atoms with Gasteiger partial charge >= 0.3 is 0 Å². The highest BCUT2D eigenvalue weighted by Crippen LogP contribution is 2.21. The van der Waals surface area contributed by atoms with E-state index >= 15 is 0 Å². The highest BCUT2D eigenvalue weighted by molar-refractivity contribution is 5.61. The molecule has 2 aromatic heterocycles. The Hall–Kier alpha value is -2.49. The van der Waals surface area contributed by atoms with Crippen LogP contribution in [0, 0.1) is 13.8 Å². The highest BCUT2D eigenvalue weighted by Gasteiger charge is 2.04. The van der Waals surface area contributed by atoms with Crippen LogP contribution in [0.2, 0.25) is 0 Å². The molecule has 0 atom stereocenters. The van der Waals surface area contributed by atoms with Crippen LogP contribution in [-0.2, 0) is 6.54 Å². The van der Waals surface area contributed by atoms with Gasteiger partial charge < -0.3 is 14.2 Å². The monoisotopic (exact) mass is 268 g/mol. The molecule has 0 bridgehead atoms. The number of oxazole rings is 1. The number of hydrogen-bond donors (Lipinski definition) is 1. The van der Waals surface area contributed by atoms with E-state index < -0.39 is 0 Å². The van der Waals surface area contributed by atoms with Crippen molar-refractivity contribution in [3.05, 3.63) is 60.1 Å². The number of anilines is 1. The second-order valence-electron chi connectivity index (χ2n) is 4.71.